The lowest BCUT2D eigenvalue weighted by Crippen LogP contribution is -2.84. The highest BCUT2D eigenvalue weighted by Gasteiger charge is 1.86. The first kappa shape index (κ1) is 26.5. The molecule has 2 N–H and O–H groups in total. The van der Waals surface area contributed by atoms with Crippen LogP contribution in [0.15, 0.2) is 0 Å². The van der Waals surface area contributed by atoms with Crippen molar-refractivity contribution in [2.75, 3.05) is 13.1 Å². The van der Waals surface area contributed by atoms with Gasteiger partial charge in [0.15, 0.2) is 0 Å². The minimum absolute atomic E-state index is 0. The first-order chi connectivity index (χ1) is 8.24. The van der Waals surface area contributed by atoms with Crippen molar-refractivity contribution in [3.8, 4) is 0 Å². The third kappa shape index (κ3) is 56.6. The molecule has 0 aromatic carbocycles. The highest BCUT2D eigenvalue weighted by Crippen LogP contribution is 1.80. The van der Waals surface area contributed by atoms with Gasteiger partial charge in [0.1, 0.15) is 0 Å². The Morgan fingerprint density at radius 2 is 0.778 bits per heavy atom. The van der Waals surface area contributed by atoms with Gasteiger partial charge in [-0.25, -0.2) is 0 Å². The van der Waals surface area contributed by atoms with E-state index in [2.05, 4.69) is 46.9 Å². The van der Waals surface area contributed by atoms with E-state index in [1.807, 2.05) is 0 Å². The number of hydrogen-bond acceptors (Lipinski definition) is 0. The topological polar surface area (TPSA) is 16.6 Å². The smallest absolute Gasteiger partial charge is 0.0755 e. The molecule has 0 unspecified atom stereocenters. The Hall–Kier alpha value is -0.110. The van der Waals surface area contributed by atoms with Crippen LogP contribution in [0.1, 0.15) is 92.9 Å². The van der Waals surface area contributed by atoms with Crippen molar-refractivity contribution < 1.29 is 10.0 Å². The first-order valence-corrected chi connectivity index (χ1v) is 8.06. The summed E-state index contributed by atoms with van der Waals surface area (Å²) in [6.45, 7) is 15.9. The van der Waals surface area contributed by atoms with Crippen LogP contribution in [0.3, 0.4) is 0 Å². The summed E-state index contributed by atoms with van der Waals surface area (Å²) in [5.41, 5.74) is 0. The van der Waals surface area contributed by atoms with E-state index in [-0.39, 0.29) is 4.70 Å². The molecule has 1 nitrogen and oxygen atoms in total. The quantitative estimate of drug-likeness (QED) is 0.601. The van der Waals surface area contributed by atoms with Gasteiger partial charge in [-0.15, -0.1) is 0 Å². The lowest BCUT2D eigenvalue weighted by molar-refractivity contribution is -0.655. The zero-order valence-electron chi connectivity index (χ0n) is 14.1. The summed E-state index contributed by atoms with van der Waals surface area (Å²) in [6, 6.07) is 0. The molecule has 0 radical (unpaired) electrons. The maximum absolute atomic E-state index is 2.42. The van der Waals surface area contributed by atoms with E-state index in [1.54, 1.807) is 0 Å². The predicted molar refractivity (Wildman–Crippen MR) is 85.1 cm³/mol. The van der Waals surface area contributed by atoms with Crippen molar-refractivity contribution in [3.05, 3.63) is 0 Å². The van der Waals surface area contributed by atoms with Crippen LogP contribution in [0.4, 0.5) is 4.70 Å². The van der Waals surface area contributed by atoms with Crippen molar-refractivity contribution in [2.45, 2.75) is 92.9 Å². The summed E-state index contributed by atoms with van der Waals surface area (Å²) >= 11 is 0. The van der Waals surface area contributed by atoms with E-state index < -0.39 is 0 Å². The van der Waals surface area contributed by atoms with Crippen LogP contribution in [-0.2, 0) is 0 Å². The maximum atomic E-state index is 2.42. The summed E-state index contributed by atoms with van der Waals surface area (Å²) in [6.07, 6.45) is 10.7. The normalized spacial score (nSPS) is 8.33. The van der Waals surface area contributed by atoms with Gasteiger partial charge in [-0.3, -0.25) is 4.70 Å². The molecule has 0 fully saturated rings. The third-order valence-corrected chi connectivity index (χ3v) is 2.52. The van der Waals surface area contributed by atoms with Crippen LogP contribution in [0.5, 0.6) is 0 Å². The SMILES string of the molecule is CCCC.CCCC.CCCC[NH2+]CCCC.F. The van der Waals surface area contributed by atoms with Crippen LogP contribution in [0.2, 0.25) is 0 Å². The average molecular weight is 267 g/mol. The summed E-state index contributed by atoms with van der Waals surface area (Å²) in [5.74, 6) is 0. The Labute approximate surface area is 117 Å². The minimum Gasteiger partial charge on any atom is -0.346 e. The lowest BCUT2D eigenvalue weighted by Gasteiger charge is -1.96. The van der Waals surface area contributed by atoms with Crippen molar-refractivity contribution >= 4 is 0 Å². The third-order valence-electron chi connectivity index (χ3n) is 2.52. The van der Waals surface area contributed by atoms with Crippen LogP contribution in [0.25, 0.3) is 0 Å². The molecule has 0 rings (SSSR count). The van der Waals surface area contributed by atoms with Gasteiger partial charge < -0.3 is 5.32 Å². The van der Waals surface area contributed by atoms with Gasteiger partial charge in [0, 0.05) is 0 Å². The second-order valence-electron chi connectivity index (χ2n) is 4.57. The number of hydrogen-bond donors (Lipinski definition) is 1. The van der Waals surface area contributed by atoms with Gasteiger partial charge in [0.2, 0.25) is 0 Å². The predicted octanol–water partition coefficient (Wildman–Crippen LogP) is 4.92. The summed E-state index contributed by atoms with van der Waals surface area (Å²) in [7, 11) is 0. The maximum Gasteiger partial charge on any atom is 0.0755 e. The number of unbranched alkanes of at least 4 members (excludes halogenated alkanes) is 4. The molecule has 116 valence electrons. The number of halogens is 1. The molecule has 0 saturated carbocycles. The molecule has 0 aliphatic heterocycles. The van der Waals surface area contributed by atoms with Gasteiger partial charge >= 0.3 is 0 Å². The molecule has 0 aliphatic rings. The number of rotatable bonds is 8. The van der Waals surface area contributed by atoms with E-state index in [1.165, 1.54) is 64.5 Å². The van der Waals surface area contributed by atoms with Gasteiger partial charge in [-0.2, -0.15) is 0 Å². The fourth-order valence-electron chi connectivity index (χ4n) is 0.841. The van der Waals surface area contributed by atoms with E-state index in [9.17, 15) is 0 Å². The molecule has 0 bridgehead atoms. The van der Waals surface area contributed by atoms with Crippen molar-refractivity contribution in [1.29, 1.82) is 0 Å². The average Bonchev–Trinajstić information content (AvgIpc) is 2.39. The standard InChI is InChI=1S/C8H19N.2C4H10.FH/c1-3-5-7-9-8-6-4-2;2*1-3-4-2;/h9H,3-8H2,1-2H3;2*3-4H2,1-2H3;1H/p+1. The van der Waals surface area contributed by atoms with Crippen LogP contribution in [-0.4, -0.2) is 13.1 Å². The van der Waals surface area contributed by atoms with Gasteiger partial charge in [0.25, 0.3) is 0 Å². The zero-order valence-corrected chi connectivity index (χ0v) is 14.1. The van der Waals surface area contributed by atoms with E-state index in [0.29, 0.717) is 0 Å². The van der Waals surface area contributed by atoms with Crippen molar-refractivity contribution in [1.82, 2.24) is 0 Å². The second kappa shape index (κ2) is 36.0. The molecule has 0 aliphatic carbocycles. The van der Waals surface area contributed by atoms with Crippen molar-refractivity contribution in [3.63, 3.8) is 0 Å². The molecule has 0 aromatic rings. The molecular formula is C16H41FN+. The van der Waals surface area contributed by atoms with Crippen LogP contribution >= 0.6 is 0 Å². The molecule has 0 heterocycles. The molecule has 2 heteroatoms. The second-order valence-corrected chi connectivity index (χ2v) is 4.57. The fraction of sp³-hybridized carbons (Fsp3) is 1.00. The highest BCUT2D eigenvalue weighted by molar-refractivity contribution is 4.28. The molecule has 0 amide bonds. The summed E-state index contributed by atoms with van der Waals surface area (Å²) in [5, 5.41) is 2.42. The largest absolute Gasteiger partial charge is 0.346 e. The molecule has 0 saturated heterocycles. The van der Waals surface area contributed by atoms with E-state index >= 15 is 0 Å². The summed E-state index contributed by atoms with van der Waals surface area (Å²) < 4.78 is 0. The molecule has 18 heavy (non-hydrogen) atoms. The zero-order chi connectivity index (χ0) is 13.8. The fourth-order valence-corrected chi connectivity index (χ4v) is 0.841. The van der Waals surface area contributed by atoms with Gasteiger partial charge in [-0.1, -0.05) is 80.1 Å². The summed E-state index contributed by atoms with van der Waals surface area (Å²) in [4.78, 5) is 0. The highest BCUT2D eigenvalue weighted by atomic mass is 19.0. The molecule has 0 spiro atoms. The molecule has 0 aromatic heterocycles. The van der Waals surface area contributed by atoms with Crippen LogP contribution in [0, 0.1) is 0 Å². The Morgan fingerprint density at radius 1 is 0.500 bits per heavy atom. The monoisotopic (exact) mass is 266 g/mol. The lowest BCUT2D eigenvalue weighted by atomic mass is 10.3. The van der Waals surface area contributed by atoms with E-state index in [0.717, 1.165) is 0 Å². The number of nitrogens with two attached hydrogens (primary N) is 1. The van der Waals surface area contributed by atoms with E-state index in [4.69, 9.17) is 0 Å². The molecule has 0 atom stereocenters. The molecular weight excluding hydrogens is 225 g/mol. The Balaban J connectivity index is -0.0000000922. The number of quaternary nitrogens is 1. The Bertz CT molecular complexity index is 73.2. The Kier molecular flexibility index (Phi) is 52.8. The first-order valence-electron chi connectivity index (χ1n) is 8.06. The Morgan fingerprint density at radius 3 is 0.944 bits per heavy atom. The van der Waals surface area contributed by atoms with Crippen LogP contribution < -0.4 is 5.32 Å². The van der Waals surface area contributed by atoms with Gasteiger partial charge in [0.05, 0.1) is 13.1 Å². The van der Waals surface area contributed by atoms with Gasteiger partial charge in [-0.05, 0) is 12.8 Å². The minimum atomic E-state index is 0. The van der Waals surface area contributed by atoms with Crippen molar-refractivity contribution in [2.24, 2.45) is 0 Å².